The number of carbonyl (C=O) groups is 1. The summed E-state index contributed by atoms with van der Waals surface area (Å²) in [5, 5.41) is 22.3. The first-order chi connectivity index (χ1) is 14.0. The SMILES string of the molecule is CC(Oc1ccc(-c2ccc(C#N)cc2)cc1)C(=O)Nc1cccc([N+](=O)[O-])c1. The second-order valence-corrected chi connectivity index (χ2v) is 6.27. The topological polar surface area (TPSA) is 105 Å². The molecule has 1 atom stereocenters. The maximum absolute atomic E-state index is 12.3. The summed E-state index contributed by atoms with van der Waals surface area (Å²) >= 11 is 0. The minimum Gasteiger partial charge on any atom is -0.481 e. The normalized spacial score (nSPS) is 11.2. The average Bonchev–Trinajstić information content (AvgIpc) is 2.74. The van der Waals surface area contributed by atoms with Crippen molar-refractivity contribution in [3.8, 4) is 22.9 Å². The molecule has 0 fully saturated rings. The standard InChI is InChI=1S/C22H17N3O4/c1-15(22(26)24-19-3-2-4-20(13-19)25(27)28)29-21-11-9-18(10-12-21)17-7-5-16(14-23)6-8-17/h2-13,15H,1H3,(H,24,26). The molecule has 29 heavy (non-hydrogen) atoms. The van der Waals surface area contributed by atoms with E-state index < -0.39 is 16.9 Å². The van der Waals surface area contributed by atoms with Crippen molar-refractivity contribution in [2.75, 3.05) is 5.32 Å². The van der Waals surface area contributed by atoms with E-state index in [1.807, 2.05) is 24.3 Å². The molecule has 7 heteroatoms. The van der Waals surface area contributed by atoms with Crippen LogP contribution in [0.4, 0.5) is 11.4 Å². The zero-order valence-electron chi connectivity index (χ0n) is 15.5. The molecular weight excluding hydrogens is 370 g/mol. The molecule has 1 unspecified atom stereocenters. The Labute approximate surface area is 167 Å². The third-order valence-electron chi connectivity index (χ3n) is 4.21. The van der Waals surface area contributed by atoms with Gasteiger partial charge in [-0.3, -0.25) is 14.9 Å². The summed E-state index contributed by atoms with van der Waals surface area (Å²) in [4.78, 5) is 22.6. The number of ether oxygens (including phenoxy) is 1. The molecule has 0 spiro atoms. The highest BCUT2D eigenvalue weighted by molar-refractivity contribution is 5.94. The van der Waals surface area contributed by atoms with Crippen molar-refractivity contribution >= 4 is 17.3 Å². The Morgan fingerprint density at radius 1 is 1.07 bits per heavy atom. The number of benzene rings is 3. The van der Waals surface area contributed by atoms with E-state index in [1.54, 1.807) is 37.3 Å². The molecule has 0 bridgehead atoms. The molecule has 0 aliphatic carbocycles. The van der Waals surface area contributed by atoms with E-state index in [-0.39, 0.29) is 5.69 Å². The van der Waals surface area contributed by atoms with E-state index in [4.69, 9.17) is 10.00 Å². The van der Waals surface area contributed by atoms with Crippen molar-refractivity contribution in [2.45, 2.75) is 13.0 Å². The Kier molecular flexibility index (Phi) is 5.85. The molecule has 0 aromatic heterocycles. The predicted molar refractivity (Wildman–Crippen MR) is 108 cm³/mol. The number of nitriles is 1. The van der Waals surface area contributed by atoms with Crippen LogP contribution in [0.2, 0.25) is 0 Å². The van der Waals surface area contributed by atoms with Gasteiger partial charge in [0.2, 0.25) is 0 Å². The van der Waals surface area contributed by atoms with Crippen molar-refractivity contribution in [3.63, 3.8) is 0 Å². The van der Waals surface area contributed by atoms with Gasteiger partial charge in [-0.05, 0) is 48.4 Å². The summed E-state index contributed by atoms with van der Waals surface area (Å²) < 4.78 is 5.66. The largest absolute Gasteiger partial charge is 0.481 e. The molecule has 3 rings (SSSR count). The lowest BCUT2D eigenvalue weighted by atomic mass is 10.0. The van der Waals surface area contributed by atoms with Crippen molar-refractivity contribution in [3.05, 3.63) is 88.5 Å². The highest BCUT2D eigenvalue weighted by atomic mass is 16.6. The van der Waals surface area contributed by atoms with Gasteiger partial charge in [0.05, 0.1) is 16.6 Å². The maximum atomic E-state index is 12.3. The van der Waals surface area contributed by atoms with Crippen molar-refractivity contribution in [1.29, 1.82) is 5.26 Å². The number of hydrogen-bond donors (Lipinski definition) is 1. The fourth-order valence-corrected chi connectivity index (χ4v) is 2.66. The van der Waals surface area contributed by atoms with Crippen molar-refractivity contribution in [2.24, 2.45) is 0 Å². The second-order valence-electron chi connectivity index (χ2n) is 6.27. The Hall–Kier alpha value is -4.18. The first-order valence-corrected chi connectivity index (χ1v) is 8.79. The molecule has 0 radical (unpaired) electrons. The Bertz CT molecular complexity index is 1070. The number of non-ortho nitro benzene ring substituents is 1. The molecule has 7 nitrogen and oxygen atoms in total. The predicted octanol–water partition coefficient (Wildman–Crippen LogP) is 4.54. The summed E-state index contributed by atoms with van der Waals surface area (Å²) in [7, 11) is 0. The van der Waals surface area contributed by atoms with Crippen LogP contribution >= 0.6 is 0 Å². The van der Waals surface area contributed by atoms with E-state index in [0.29, 0.717) is 17.0 Å². The van der Waals surface area contributed by atoms with Gasteiger partial charge in [0.1, 0.15) is 5.75 Å². The van der Waals surface area contributed by atoms with Gasteiger partial charge in [0, 0.05) is 17.8 Å². The van der Waals surface area contributed by atoms with Crippen LogP contribution in [0, 0.1) is 21.4 Å². The minimum atomic E-state index is -0.796. The van der Waals surface area contributed by atoms with Crippen LogP contribution in [0.5, 0.6) is 5.75 Å². The van der Waals surface area contributed by atoms with E-state index >= 15 is 0 Å². The average molecular weight is 387 g/mol. The van der Waals surface area contributed by atoms with Crippen LogP contribution in [0.15, 0.2) is 72.8 Å². The summed E-state index contributed by atoms with van der Waals surface area (Å²) in [6.07, 6.45) is -0.796. The lowest BCUT2D eigenvalue weighted by molar-refractivity contribution is -0.384. The van der Waals surface area contributed by atoms with Gasteiger partial charge in [0.15, 0.2) is 6.10 Å². The lowest BCUT2D eigenvalue weighted by Gasteiger charge is -2.15. The zero-order chi connectivity index (χ0) is 20.8. The third kappa shape index (κ3) is 4.96. The Morgan fingerprint density at radius 3 is 2.28 bits per heavy atom. The first kappa shape index (κ1) is 19.6. The molecular formula is C22H17N3O4. The molecule has 0 saturated heterocycles. The quantitative estimate of drug-likeness (QED) is 0.494. The van der Waals surface area contributed by atoms with Crippen LogP contribution in [-0.4, -0.2) is 16.9 Å². The monoisotopic (exact) mass is 387 g/mol. The van der Waals surface area contributed by atoms with Crippen LogP contribution < -0.4 is 10.1 Å². The number of nitrogens with one attached hydrogen (secondary N) is 1. The first-order valence-electron chi connectivity index (χ1n) is 8.79. The molecule has 3 aromatic rings. The van der Waals surface area contributed by atoms with Crippen molar-refractivity contribution in [1.82, 2.24) is 0 Å². The Morgan fingerprint density at radius 2 is 1.69 bits per heavy atom. The van der Waals surface area contributed by atoms with E-state index in [2.05, 4.69) is 11.4 Å². The van der Waals surface area contributed by atoms with Crippen LogP contribution in [0.3, 0.4) is 0 Å². The number of amides is 1. The van der Waals surface area contributed by atoms with Crippen LogP contribution in [0.25, 0.3) is 11.1 Å². The van der Waals surface area contributed by atoms with Crippen LogP contribution in [0.1, 0.15) is 12.5 Å². The molecule has 144 valence electrons. The third-order valence-corrected chi connectivity index (χ3v) is 4.21. The van der Waals surface area contributed by atoms with Gasteiger partial charge >= 0.3 is 0 Å². The molecule has 0 aliphatic rings. The van der Waals surface area contributed by atoms with Crippen molar-refractivity contribution < 1.29 is 14.5 Å². The number of carbonyl (C=O) groups excluding carboxylic acids is 1. The molecule has 0 aliphatic heterocycles. The van der Waals surface area contributed by atoms with Gasteiger partial charge in [-0.1, -0.05) is 30.3 Å². The summed E-state index contributed by atoms with van der Waals surface area (Å²) in [5.74, 6) is 0.103. The van der Waals surface area contributed by atoms with Gasteiger partial charge < -0.3 is 10.1 Å². The lowest BCUT2D eigenvalue weighted by Crippen LogP contribution is -2.30. The smallest absolute Gasteiger partial charge is 0.271 e. The fourth-order valence-electron chi connectivity index (χ4n) is 2.66. The number of nitrogens with zero attached hydrogens (tertiary/aromatic N) is 2. The zero-order valence-corrected chi connectivity index (χ0v) is 15.5. The molecule has 3 aromatic carbocycles. The molecule has 1 N–H and O–H groups in total. The summed E-state index contributed by atoms with van der Waals surface area (Å²) in [5.41, 5.74) is 2.74. The molecule has 0 heterocycles. The van der Waals surface area contributed by atoms with Gasteiger partial charge in [-0.25, -0.2) is 0 Å². The maximum Gasteiger partial charge on any atom is 0.271 e. The summed E-state index contributed by atoms with van der Waals surface area (Å²) in [6, 6.07) is 22.3. The number of nitro groups is 1. The number of nitro benzene ring substituents is 1. The number of rotatable bonds is 6. The fraction of sp³-hybridized carbons (Fsp3) is 0.0909. The van der Waals surface area contributed by atoms with E-state index in [1.165, 1.54) is 18.2 Å². The summed E-state index contributed by atoms with van der Waals surface area (Å²) in [6.45, 7) is 1.60. The van der Waals surface area contributed by atoms with E-state index in [0.717, 1.165) is 11.1 Å². The minimum absolute atomic E-state index is 0.102. The molecule has 0 saturated carbocycles. The highest BCUT2D eigenvalue weighted by Crippen LogP contribution is 2.24. The number of hydrogen-bond acceptors (Lipinski definition) is 5. The second kappa shape index (κ2) is 8.67. The van der Waals surface area contributed by atoms with Gasteiger partial charge in [-0.15, -0.1) is 0 Å². The van der Waals surface area contributed by atoms with Gasteiger partial charge in [0.25, 0.3) is 11.6 Å². The highest BCUT2D eigenvalue weighted by Gasteiger charge is 2.16. The van der Waals surface area contributed by atoms with E-state index in [9.17, 15) is 14.9 Å². The van der Waals surface area contributed by atoms with Gasteiger partial charge in [-0.2, -0.15) is 5.26 Å². The van der Waals surface area contributed by atoms with Crippen LogP contribution in [-0.2, 0) is 4.79 Å². The Balaban J connectivity index is 1.63. The molecule has 1 amide bonds. The number of anilines is 1.